The van der Waals surface area contributed by atoms with E-state index in [1.165, 1.54) is 0 Å². The van der Waals surface area contributed by atoms with Gasteiger partial charge in [-0.05, 0) is 19.1 Å². The summed E-state index contributed by atoms with van der Waals surface area (Å²) in [4.78, 5) is 17.4. The molecule has 18 heavy (non-hydrogen) atoms. The highest BCUT2D eigenvalue weighted by Crippen LogP contribution is 2.16. The van der Waals surface area contributed by atoms with Crippen LogP contribution in [0.5, 0.6) is 0 Å². The fourth-order valence-electron chi connectivity index (χ4n) is 2.41. The average molecular weight is 249 g/mol. The number of nitrogens with zero attached hydrogens (tertiary/aromatic N) is 2. The minimum Gasteiger partial charge on any atom is -0.481 e. The Morgan fingerprint density at radius 2 is 2.39 bits per heavy atom. The summed E-state index contributed by atoms with van der Waals surface area (Å²) in [5.41, 5.74) is 0.988. The second-order valence-electron chi connectivity index (χ2n) is 4.75. The maximum Gasteiger partial charge on any atom is 0.304 e. The first-order chi connectivity index (χ1) is 8.66. The molecule has 1 aromatic rings. The fraction of sp³-hybridized carbons (Fsp3) is 0.538. The third kappa shape index (κ3) is 3.27. The molecule has 98 valence electrons. The second-order valence-corrected chi connectivity index (χ2v) is 4.75. The van der Waals surface area contributed by atoms with Gasteiger partial charge in [-0.3, -0.25) is 14.7 Å². The first-order valence-corrected chi connectivity index (χ1v) is 6.25. The Balaban J connectivity index is 2.07. The van der Waals surface area contributed by atoms with Gasteiger partial charge < -0.3 is 10.4 Å². The van der Waals surface area contributed by atoms with Crippen LogP contribution in [0, 0.1) is 0 Å². The zero-order valence-corrected chi connectivity index (χ0v) is 10.5. The van der Waals surface area contributed by atoms with Crippen LogP contribution in [0.4, 0.5) is 0 Å². The fourth-order valence-corrected chi connectivity index (χ4v) is 2.41. The summed E-state index contributed by atoms with van der Waals surface area (Å²) in [7, 11) is 0. The van der Waals surface area contributed by atoms with Crippen molar-refractivity contribution in [1.82, 2.24) is 15.2 Å². The Morgan fingerprint density at radius 3 is 3.06 bits per heavy atom. The van der Waals surface area contributed by atoms with E-state index in [2.05, 4.69) is 22.1 Å². The molecule has 0 aliphatic carbocycles. The van der Waals surface area contributed by atoms with Crippen molar-refractivity contribution in [2.24, 2.45) is 0 Å². The Bertz CT molecular complexity index is 396. The number of hydrogen-bond acceptors (Lipinski definition) is 4. The lowest BCUT2D eigenvalue weighted by molar-refractivity contribution is -0.139. The van der Waals surface area contributed by atoms with E-state index in [1.54, 1.807) is 6.20 Å². The number of carboxylic acid groups (broad SMARTS) is 1. The van der Waals surface area contributed by atoms with E-state index in [-0.39, 0.29) is 12.5 Å². The Labute approximate surface area is 107 Å². The molecule has 2 N–H and O–H groups in total. The molecule has 2 unspecified atom stereocenters. The van der Waals surface area contributed by atoms with Crippen LogP contribution in [-0.4, -0.2) is 46.1 Å². The molecule has 2 atom stereocenters. The predicted molar refractivity (Wildman–Crippen MR) is 68.2 cm³/mol. The SMILES string of the molecule is CC1CNCC(CC(=O)O)N1Cc1ccccn1. The van der Waals surface area contributed by atoms with Crippen molar-refractivity contribution in [2.45, 2.75) is 32.0 Å². The van der Waals surface area contributed by atoms with Gasteiger partial charge in [-0.1, -0.05) is 6.07 Å². The van der Waals surface area contributed by atoms with Gasteiger partial charge in [0, 0.05) is 37.9 Å². The summed E-state index contributed by atoms with van der Waals surface area (Å²) in [6, 6.07) is 6.19. The molecule has 2 heterocycles. The molecule has 5 nitrogen and oxygen atoms in total. The summed E-state index contributed by atoms with van der Waals surface area (Å²) >= 11 is 0. The van der Waals surface area contributed by atoms with E-state index < -0.39 is 5.97 Å². The second kappa shape index (κ2) is 5.93. The van der Waals surface area contributed by atoms with Gasteiger partial charge in [0.15, 0.2) is 0 Å². The maximum absolute atomic E-state index is 10.9. The number of pyridine rings is 1. The van der Waals surface area contributed by atoms with E-state index in [4.69, 9.17) is 5.11 Å². The number of carbonyl (C=O) groups is 1. The van der Waals surface area contributed by atoms with Crippen LogP contribution in [0.2, 0.25) is 0 Å². The number of piperazine rings is 1. The number of hydrogen-bond donors (Lipinski definition) is 2. The summed E-state index contributed by atoms with van der Waals surface area (Å²) in [5.74, 6) is -0.748. The van der Waals surface area contributed by atoms with Gasteiger partial charge in [-0.2, -0.15) is 0 Å². The number of carboxylic acids is 1. The van der Waals surface area contributed by atoms with Crippen molar-refractivity contribution in [3.63, 3.8) is 0 Å². The zero-order chi connectivity index (χ0) is 13.0. The van der Waals surface area contributed by atoms with Crippen LogP contribution in [-0.2, 0) is 11.3 Å². The Morgan fingerprint density at radius 1 is 1.56 bits per heavy atom. The van der Waals surface area contributed by atoms with E-state index in [1.807, 2.05) is 18.2 Å². The molecule has 1 aromatic heterocycles. The molecule has 1 fully saturated rings. The highest BCUT2D eigenvalue weighted by molar-refractivity contribution is 5.67. The summed E-state index contributed by atoms with van der Waals surface area (Å²) < 4.78 is 0. The Hall–Kier alpha value is -1.46. The molecular weight excluding hydrogens is 230 g/mol. The number of rotatable bonds is 4. The average Bonchev–Trinajstić information content (AvgIpc) is 2.34. The van der Waals surface area contributed by atoms with Crippen LogP contribution >= 0.6 is 0 Å². The van der Waals surface area contributed by atoms with E-state index >= 15 is 0 Å². The lowest BCUT2D eigenvalue weighted by Crippen LogP contribution is -2.56. The van der Waals surface area contributed by atoms with Crippen LogP contribution in [0.1, 0.15) is 19.0 Å². The van der Waals surface area contributed by atoms with Crippen LogP contribution in [0.15, 0.2) is 24.4 Å². The van der Waals surface area contributed by atoms with Gasteiger partial charge in [-0.15, -0.1) is 0 Å². The summed E-state index contributed by atoms with van der Waals surface area (Å²) in [6.07, 6.45) is 1.94. The molecule has 0 saturated carbocycles. The number of nitrogens with one attached hydrogen (secondary N) is 1. The number of aliphatic carboxylic acids is 1. The minimum absolute atomic E-state index is 0.0354. The molecule has 0 bridgehead atoms. The lowest BCUT2D eigenvalue weighted by atomic mass is 10.1. The van der Waals surface area contributed by atoms with Crippen LogP contribution in [0.3, 0.4) is 0 Å². The molecule has 1 saturated heterocycles. The monoisotopic (exact) mass is 249 g/mol. The lowest BCUT2D eigenvalue weighted by Gasteiger charge is -2.40. The van der Waals surface area contributed by atoms with E-state index in [9.17, 15) is 4.79 Å². The van der Waals surface area contributed by atoms with Crippen molar-refractivity contribution in [3.8, 4) is 0 Å². The molecular formula is C13H19N3O2. The third-order valence-electron chi connectivity index (χ3n) is 3.34. The smallest absolute Gasteiger partial charge is 0.304 e. The molecule has 0 radical (unpaired) electrons. The maximum atomic E-state index is 10.9. The molecule has 2 rings (SSSR count). The molecule has 1 aliphatic rings. The van der Waals surface area contributed by atoms with Gasteiger partial charge in [0.2, 0.25) is 0 Å². The van der Waals surface area contributed by atoms with Crippen molar-refractivity contribution in [1.29, 1.82) is 0 Å². The summed E-state index contributed by atoms with van der Waals surface area (Å²) in [5, 5.41) is 12.2. The normalized spacial score (nSPS) is 24.9. The summed E-state index contributed by atoms with van der Waals surface area (Å²) in [6.45, 7) is 4.44. The van der Waals surface area contributed by atoms with Crippen molar-refractivity contribution in [2.75, 3.05) is 13.1 Å². The zero-order valence-electron chi connectivity index (χ0n) is 10.5. The molecule has 5 heteroatoms. The minimum atomic E-state index is -0.748. The van der Waals surface area contributed by atoms with Gasteiger partial charge in [0.1, 0.15) is 0 Å². The van der Waals surface area contributed by atoms with Gasteiger partial charge in [0.25, 0.3) is 0 Å². The third-order valence-corrected chi connectivity index (χ3v) is 3.34. The topological polar surface area (TPSA) is 65.5 Å². The predicted octanol–water partition coefficient (Wildman–Crippen LogP) is 0.719. The standard InChI is InChI=1S/C13H19N3O2/c1-10-7-14-8-12(6-13(17)18)16(10)9-11-4-2-3-5-15-11/h2-5,10,12,14H,6-9H2,1H3,(H,17,18). The first-order valence-electron chi connectivity index (χ1n) is 6.25. The highest BCUT2D eigenvalue weighted by atomic mass is 16.4. The van der Waals surface area contributed by atoms with Gasteiger partial charge in [0.05, 0.1) is 12.1 Å². The van der Waals surface area contributed by atoms with Crippen molar-refractivity contribution < 1.29 is 9.90 Å². The van der Waals surface area contributed by atoms with Gasteiger partial charge >= 0.3 is 5.97 Å². The van der Waals surface area contributed by atoms with Crippen molar-refractivity contribution in [3.05, 3.63) is 30.1 Å². The highest BCUT2D eigenvalue weighted by Gasteiger charge is 2.29. The van der Waals surface area contributed by atoms with E-state index in [0.29, 0.717) is 12.6 Å². The first kappa shape index (κ1) is 13.0. The Kier molecular flexibility index (Phi) is 4.28. The molecule has 1 aliphatic heterocycles. The van der Waals surface area contributed by atoms with Crippen molar-refractivity contribution >= 4 is 5.97 Å². The van der Waals surface area contributed by atoms with Gasteiger partial charge in [-0.25, -0.2) is 0 Å². The number of aromatic nitrogens is 1. The molecule has 0 spiro atoms. The van der Waals surface area contributed by atoms with Crippen LogP contribution in [0.25, 0.3) is 0 Å². The molecule has 0 amide bonds. The largest absolute Gasteiger partial charge is 0.481 e. The molecule has 0 aromatic carbocycles. The van der Waals surface area contributed by atoms with E-state index in [0.717, 1.165) is 18.8 Å². The van der Waals surface area contributed by atoms with Crippen LogP contribution < -0.4 is 5.32 Å². The quantitative estimate of drug-likeness (QED) is 0.823.